The van der Waals surface area contributed by atoms with Crippen molar-refractivity contribution < 1.29 is 54.4 Å². The first-order valence-electron chi connectivity index (χ1n) is 11.0. The Labute approximate surface area is 220 Å². The molecule has 0 atom stereocenters. The fourth-order valence-corrected chi connectivity index (χ4v) is 3.23. The summed E-state index contributed by atoms with van der Waals surface area (Å²) in [6.45, 7) is 0. The molecule has 0 radical (unpaired) electrons. The van der Waals surface area contributed by atoms with E-state index in [-0.39, 0.29) is 11.5 Å². The molecule has 0 amide bonds. The first-order chi connectivity index (χ1) is 18.7. The van der Waals surface area contributed by atoms with E-state index in [1.807, 2.05) is 12.1 Å². The van der Waals surface area contributed by atoms with Crippen LogP contribution in [0.3, 0.4) is 0 Å². The molecule has 0 aliphatic carbocycles. The molecule has 11 heteroatoms. The fraction of sp³-hybridized carbons (Fsp3) is 0. The van der Waals surface area contributed by atoms with Gasteiger partial charge in [0.25, 0.3) is 0 Å². The maximum Gasteiger partial charge on any atom is 0.336 e. The summed E-state index contributed by atoms with van der Waals surface area (Å²) >= 11 is 0. The molecular formula is C28H20O11. The second kappa shape index (κ2) is 13.0. The van der Waals surface area contributed by atoms with E-state index in [4.69, 9.17) is 20.4 Å². The van der Waals surface area contributed by atoms with Crippen molar-refractivity contribution in [3.63, 3.8) is 0 Å². The lowest BCUT2D eigenvalue weighted by atomic mass is 10.1. The molecule has 4 rings (SSSR count). The molecule has 0 spiro atoms. The number of carbonyl (C=O) groups is 4. The van der Waals surface area contributed by atoms with Gasteiger partial charge in [-0.15, -0.1) is 0 Å². The van der Waals surface area contributed by atoms with Crippen LogP contribution in [0.4, 0.5) is 0 Å². The van der Waals surface area contributed by atoms with Crippen molar-refractivity contribution in [3.05, 3.63) is 119 Å². The number of carboxylic acid groups (broad SMARTS) is 4. The van der Waals surface area contributed by atoms with Crippen molar-refractivity contribution in [3.8, 4) is 22.6 Å². The summed E-state index contributed by atoms with van der Waals surface area (Å²) in [5, 5.41) is 40.2. The van der Waals surface area contributed by atoms with Crippen LogP contribution in [0.15, 0.2) is 97.1 Å². The summed E-state index contributed by atoms with van der Waals surface area (Å²) in [7, 11) is 0. The molecule has 0 saturated heterocycles. The summed E-state index contributed by atoms with van der Waals surface area (Å²) in [5.74, 6) is -6.33. The van der Waals surface area contributed by atoms with Gasteiger partial charge in [-0.2, -0.15) is 0 Å². The van der Waals surface area contributed by atoms with E-state index in [1.54, 1.807) is 0 Å². The standard InChI is InChI=1S/C16H10O11.C12H10/c17-13(18)9-3-1-7(5-11(9)15(21)22)25-27-26-8-2-4-10(14(19)20)12(6-8)16(23)24;1-3-7-11(8-4-1)12-9-5-2-6-10-12/h1-6H,(H,17,18)(H,19,20)(H,21,22)(H,23,24);1-10H. The molecule has 4 aromatic rings. The van der Waals surface area contributed by atoms with E-state index in [2.05, 4.69) is 63.3 Å². The van der Waals surface area contributed by atoms with Crippen LogP contribution in [-0.4, -0.2) is 44.3 Å². The van der Waals surface area contributed by atoms with E-state index in [9.17, 15) is 19.2 Å². The van der Waals surface area contributed by atoms with Crippen molar-refractivity contribution in [1.82, 2.24) is 0 Å². The Morgan fingerprint density at radius 2 is 0.769 bits per heavy atom. The molecule has 4 aromatic carbocycles. The number of benzene rings is 4. The molecule has 0 heterocycles. The Balaban J connectivity index is 0.000000289. The van der Waals surface area contributed by atoms with Crippen LogP contribution in [0.2, 0.25) is 0 Å². The monoisotopic (exact) mass is 532 g/mol. The Bertz CT molecular complexity index is 1370. The molecule has 0 fully saturated rings. The van der Waals surface area contributed by atoms with Gasteiger partial charge < -0.3 is 20.4 Å². The summed E-state index contributed by atoms with van der Waals surface area (Å²) in [6, 6.07) is 26.7. The predicted octanol–water partition coefficient (Wildman–Crippen LogP) is 5.14. The lowest BCUT2D eigenvalue weighted by Gasteiger charge is -2.08. The quantitative estimate of drug-likeness (QED) is 0.166. The average molecular weight is 532 g/mol. The second-order valence-corrected chi connectivity index (χ2v) is 7.60. The summed E-state index contributed by atoms with van der Waals surface area (Å²) in [4.78, 5) is 53.4. The SMILES string of the molecule is O=C(O)c1ccc(OOOc2ccc(C(=O)O)c(C(=O)O)c2)cc1C(=O)O.c1ccc(-c2ccccc2)cc1. The number of aromatic carboxylic acids is 4. The molecule has 0 bridgehead atoms. The highest BCUT2D eigenvalue weighted by molar-refractivity contribution is 6.02. The zero-order valence-corrected chi connectivity index (χ0v) is 19.9. The third kappa shape index (κ3) is 7.65. The van der Waals surface area contributed by atoms with Crippen LogP contribution in [0.5, 0.6) is 11.5 Å². The second-order valence-electron chi connectivity index (χ2n) is 7.60. The third-order valence-electron chi connectivity index (χ3n) is 5.05. The highest BCUT2D eigenvalue weighted by Crippen LogP contribution is 2.22. The minimum Gasteiger partial charge on any atom is -0.478 e. The van der Waals surface area contributed by atoms with Gasteiger partial charge in [0.15, 0.2) is 11.5 Å². The zero-order valence-electron chi connectivity index (χ0n) is 19.9. The van der Waals surface area contributed by atoms with Gasteiger partial charge in [-0.1, -0.05) is 60.7 Å². The minimum atomic E-state index is -1.51. The van der Waals surface area contributed by atoms with Crippen LogP contribution < -0.4 is 9.78 Å². The maximum atomic E-state index is 11.1. The molecule has 198 valence electrons. The predicted molar refractivity (Wildman–Crippen MR) is 135 cm³/mol. The van der Waals surface area contributed by atoms with Gasteiger partial charge in [-0.05, 0) is 47.5 Å². The van der Waals surface area contributed by atoms with Gasteiger partial charge in [0.1, 0.15) is 0 Å². The van der Waals surface area contributed by atoms with E-state index >= 15 is 0 Å². The molecule has 0 unspecified atom stereocenters. The van der Waals surface area contributed by atoms with Crippen molar-refractivity contribution in [1.29, 1.82) is 0 Å². The molecule has 39 heavy (non-hydrogen) atoms. The topological polar surface area (TPSA) is 177 Å². The number of rotatable bonds is 9. The lowest BCUT2D eigenvalue weighted by Crippen LogP contribution is -2.10. The highest BCUT2D eigenvalue weighted by Gasteiger charge is 2.19. The van der Waals surface area contributed by atoms with Crippen molar-refractivity contribution in [2.75, 3.05) is 0 Å². The van der Waals surface area contributed by atoms with E-state index in [0.717, 1.165) is 36.4 Å². The summed E-state index contributed by atoms with van der Waals surface area (Å²) in [6.07, 6.45) is 0. The summed E-state index contributed by atoms with van der Waals surface area (Å²) in [5.41, 5.74) is 0.513. The van der Waals surface area contributed by atoms with Crippen molar-refractivity contribution >= 4 is 23.9 Å². The minimum absolute atomic E-state index is 0.210. The normalized spacial score (nSPS) is 9.95. The Kier molecular flexibility index (Phi) is 9.32. The Morgan fingerprint density at radius 1 is 0.436 bits per heavy atom. The smallest absolute Gasteiger partial charge is 0.336 e. The molecule has 4 N–H and O–H groups in total. The van der Waals surface area contributed by atoms with Gasteiger partial charge in [0.05, 0.1) is 22.3 Å². The highest BCUT2D eigenvalue weighted by atomic mass is 17.5. The first kappa shape index (κ1) is 27.9. The maximum absolute atomic E-state index is 11.1. The third-order valence-corrected chi connectivity index (χ3v) is 5.05. The Morgan fingerprint density at radius 3 is 1.08 bits per heavy atom. The van der Waals surface area contributed by atoms with Crippen molar-refractivity contribution in [2.45, 2.75) is 0 Å². The van der Waals surface area contributed by atoms with Gasteiger partial charge in [-0.3, -0.25) is 9.78 Å². The zero-order chi connectivity index (χ0) is 28.4. The molecule has 0 saturated carbocycles. The summed E-state index contributed by atoms with van der Waals surface area (Å²) < 4.78 is 0. The largest absolute Gasteiger partial charge is 0.478 e. The van der Waals surface area contributed by atoms with Gasteiger partial charge >= 0.3 is 23.9 Å². The number of hydrogen-bond donors (Lipinski definition) is 4. The van der Waals surface area contributed by atoms with Crippen LogP contribution >= 0.6 is 0 Å². The first-order valence-corrected chi connectivity index (χ1v) is 11.0. The molecule has 0 aliphatic heterocycles. The van der Waals surface area contributed by atoms with Crippen molar-refractivity contribution in [2.24, 2.45) is 0 Å². The number of carboxylic acids is 4. The molecule has 0 aromatic heterocycles. The van der Waals surface area contributed by atoms with Crippen LogP contribution in [0.25, 0.3) is 11.1 Å². The molecular weight excluding hydrogens is 512 g/mol. The van der Waals surface area contributed by atoms with Crippen LogP contribution in [0, 0.1) is 0 Å². The van der Waals surface area contributed by atoms with Gasteiger partial charge in [-0.25, -0.2) is 19.2 Å². The molecule has 11 nitrogen and oxygen atoms in total. The van der Waals surface area contributed by atoms with Gasteiger partial charge in [0.2, 0.25) is 0 Å². The number of hydrogen-bond acceptors (Lipinski definition) is 7. The van der Waals surface area contributed by atoms with E-state index in [1.165, 1.54) is 11.1 Å². The lowest BCUT2D eigenvalue weighted by molar-refractivity contribution is -0.411. The van der Waals surface area contributed by atoms with Gasteiger partial charge in [0, 0.05) is 5.04 Å². The fourth-order valence-electron chi connectivity index (χ4n) is 3.23. The molecule has 0 aliphatic rings. The van der Waals surface area contributed by atoms with E-state index < -0.39 is 46.1 Å². The average Bonchev–Trinajstić information content (AvgIpc) is 2.94. The van der Waals surface area contributed by atoms with Crippen LogP contribution in [0.1, 0.15) is 41.4 Å². The van der Waals surface area contributed by atoms with E-state index in [0.29, 0.717) is 0 Å². The van der Waals surface area contributed by atoms with Crippen LogP contribution in [-0.2, 0) is 5.04 Å². The Hall–Kier alpha value is -5.68.